The quantitative estimate of drug-likeness (QED) is 0.893. The monoisotopic (exact) mass is 283 g/mol. The van der Waals surface area contributed by atoms with Crippen molar-refractivity contribution in [2.75, 3.05) is 26.3 Å². The normalized spacial score (nSPS) is 16.9. The Morgan fingerprint density at radius 1 is 1.45 bits per heavy atom. The topological polar surface area (TPSA) is 59.0 Å². The molecule has 5 nitrogen and oxygen atoms in total. The van der Waals surface area contributed by atoms with E-state index in [9.17, 15) is 9.18 Å². The van der Waals surface area contributed by atoms with Crippen LogP contribution in [-0.4, -0.2) is 48.3 Å². The zero-order valence-electron chi connectivity index (χ0n) is 11.3. The minimum atomic E-state index is -0.707. The van der Waals surface area contributed by atoms with E-state index in [0.717, 1.165) is 0 Å². The molecule has 1 heterocycles. The fraction of sp³-hybridized carbons (Fsp3) is 0.500. The molecule has 0 radical (unpaired) electrons. The van der Waals surface area contributed by atoms with E-state index in [-0.39, 0.29) is 18.3 Å². The first-order valence-corrected chi connectivity index (χ1v) is 6.53. The lowest BCUT2D eigenvalue weighted by Gasteiger charge is -2.29. The maximum absolute atomic E-state index is 13.3. The molecule has 1 aliphatic rings. The van der Waals surface area contributed by atoms with Crippen LogP contribution in [0.3, 0.4) is 0 Å². The van der Waals surface area contributed by atoms with Gasteiger partial charge in [-0.25, -0.2) is 4.39 Å². The Hall–Kier alpha value is -1.66. The van der Waals surface area contributed by atoms with Crippen LogP contribution in [-0.2, 0) is 16.1 Å². The summed E-state index contributed by atoms with van der Waals surface area (Å²) in [7, 11) is 0. The van der Waals surface area contributed by atoms with Crippen molar-refractivity contribution in [1.82, 2.24) is 4.90 Å². The van der Waals surface area contributed by atoms with Crippen molar-refractivity contribution in [3.63, 3.8) is 0 Å². The van der Waals surface area contributed by atoms with Crippen molar-refractivity contribution >= 4 is 5.91 Å². The zero-order valence-corrected chi connectivity index (χ0v) is 11.3. The molecule has 1 saturated heterocycles. The van der Waals surface area contributed by atoms with Gasteiger partial charge in [-0.1, -0.05) is 0 Å². The van der Waals surface area contributed by atoms with Crippen LogP contribution in [0.15, 0.2) is 18.2 Å². The summed E-state index contributed by atoms with van der Waals surface area (Å²) in [6.07, 6.45) is -0.707. The third-order valence-corrected chi connectivity index (χ3v) is 3.10. The van der Waals surface area contributed by atoms with Crippen LogP contribution in [0, 0.1) is 5.82 Å². The van der Waals surface area contributed by atoms with E-state index in [1.807, 2.05) is 0 Å². The van der Waals surface area contributed by atoms with Crippen LogP contribution < -0.4 is 4.74 Å². The number of morpholine rings is 1. The highest BCUT2D eigenvalue weighted by atomic mass is 19.1. The number of hydrogen-bond donors (Lipinski definition) is 1. The van der Waals surface area contributed by atoms with Gasteiger partial charge in [0.1, 0.15) is 11.6 Å². The highest BCUT2D eigenvalue weighted by Crippen LogP contribution is 2.18. The lowest BCUT2D eigenvalue weighted by molar-refractivity contribution is -0.142. The molecule has 1 unspecified atom stereocenters. The van der Waals surface area contributed by atoms with Gasteiger partial charge >= 0.3 is 0 Å². The van der Waals surface area contributed by atoms with E-state index in [1.54, 1.807) is 11.8 Å². The van der Waals surface area contributed by atoms with Gasteiger partial charge in [0.2, 0.25) is 0 Å². The predicted molar refractivity (Wildman–Crippen MR) is 69.8 cm³/mol. The van der Waals surface area contributed by atoms with Gasteiger partial charge in [0, 0.05) is 19.2 Å². The smallest absolute Gasteiger partial charge is 0.263 e. The number of hydrogen-bond acceptors (Lipinski definition) is 4. The van der Waals surface area contributed by atoms with Gasteiger partial charge in [0.05, 0.1) is 19.8 Å². The number of halogens is 1. The van der Waals surface area contributed by atoms with Gasteiger partial charge in [0.25, 0.3) is 5.91 Å². The number of nitrogens with zero attached hydrogens (tertiary/aromatic N) is 1. The summed E-state index contributed by atoms with van der Waals surface area (Å²) in [5, 5.41) is 9.02. The lowest BCUT2D eigenvalue weighted by Crippen LogP contribution is -2.46. The lowest BCUT2D eigenvalue weighted by atomic mass is 10.2. The Morgan fingerprint density at radius 2 is 2.15 bits per heavy atom. The second kappa shape index (κ2) is 6.67. The van der Waals surface area contributed by atoms with E-state index < -0.39 is 11.9 Å². The van der Waals surface area contributed by atoms with Crippen molar-refractivity contribution in [2.45, 2.75) is 19.6 Å². The highest BCUT2D eigenvalue weighted by molar-refractivity contribution is 5.81. The molecule has 2 rings (SSSR count). The second-order valence-electron chi connectivity index (χ2n) is 4.65. The predicted octanol–water partition coefficient (Wildman–Crippen LogP) is 0.944. The van der Waals surface area contributed by atoms with Crippen LogP contribution in [0.4, 0.5) is 4.39 Å². The van der Waals surface area contributed by atoms with Gasteiger partial charge in [-0.15, -0.1) is 0 Å². The Bertz CT molecular complexity index is 474. The number of amides is 1. The minimum Gasteiger partial charge on any atom is -0.481 e. The van der Waals surface area contributed by atoms with Crippen LogP contribution in [0.5, 0.6) is 5.75 Å². The number of carbonyl (C=O) groups is 1. The number of carbonyl (C=O) groups excluding carboxylic acids is 1. The maximum atomic E-state index is 13.3. The average Bonchev–Trinajstić information content (AvgIpc) is 2.46. The van der Waals surface area contributed by atoms with Crippen molar-refractivity contribution in [2.24, 2.45) is 0 Å². The minimum absolute atomic E-state index is 0.150. The molecule has 0 aromatic heterocycles. The van der Waals surface area contributed by atoms with Gasteiger partial charge in [-0.3, -0.25) is 4.79 Å². The Labute approximate surface area is 116 Å². The van der Waals surface area contributed by atoms with Crippen molar-refractivity contribution < 1.29 is 23.8 Å². The van der Waals surface area contributed by atoms with Crippen LogP contribution in [0.1, 0.15) is 12.5 Å². The van der Waals surface area contributed by atoms with Gasteiger partial charge in [0.15, 0.2) is 6.10 Å². The molecule has 0 aliphatic carbocycles. The zero-order chi connectivity index (χ0) is 14.5. The van der Waals surface area contributed by atoms with Gasteiger partial charge < -0.3 is 19.5 Å². The summed E-state index contributed by atoms with van der Waals surface area (Å²) < 4.78 is 24.0. The first-order valence-electron chi connectivity index (χ1n) is 6.53. The van der Waals surface area contributed by atoms with E-state index in [4.69, 9.17) is 14.6 Å². The van der Waals surface area contributed by atoms with Crippen molar-refractivity contribution in [1.29, 1.82) is 0 Å². The third kappa shape index (κ3) is 3.68. The molecule has 110 valence electrons. The molecule has 1 amide bonds. The summed E-state index contributed by atoms with van der Waals surface area (Å²) in [6.45, 7) is 3.47. The summed E-state index contributed by atoms with van der Waals surface area (Å²) >= 11 is 0. The highest BCUT2D eigenvalue weighted by Gasteiger charge is 2.23. The molecular formula is C14H18FNO4. The Balaban J connectivity index is 2.01. The third-order valence-electron chi connectivity index (χ3n) is 3.10. The van der Waals surface area contributed by atoms with Crippen molar-refractivity contribution in [3.8, 4) is 5.75 Å². The molecule has 1 aromatic rings. The van der Waals surface area contributed by atoms with E-state index in [1.165, 1.54) is 18.2 Å². The molecule has 6 heteroatoms. The van der Waals surface area contributed by atoms with E-state index in [0.29, 0.717) is 31.9 Å². The number of aliphatic hydroxyl groups is 1. The van der Waals surface area contributed by atoms with Gasteiger partial charge in [-0.2, -0.15) is 0 Å². The molecule has 0 saturated carbocycles. The SMILES string of the molecule is CC(Oc1cc(F)cc(CO)c1)C(=O)N1CCOCC1. The van der Waals surface area contributed by atoms with Crippen LogP contribution >= 0.6 is 0 Å². The van der Waals surface area contributed by atoms with Crippen LogP contribution in [0.2, 0.25) is 0 Å². The molecule has 1 N–H and O–H groups in total. The number of rotatable bonds is 4. The standard InChI is InChI=1S/C14H18FNO4/c1-10(14(18)16-2-4-19-5-3-16)20-13-7-11(9-17)6-12(15)8-13/h6-8,10,17H,2-5,9H2,1H3. The Kier molecular flexibility index (Phi) is 4.92. The molecule has 1 fully saturated rings. The summed E-state index contributed by atoms with van der Waals surface area (Å²) in [5.74, 6) is -0.413. The summed E-state index contributed by atoms with van der Waals surface area (Å²) in [4.78, 5) is 13.8. The molecule has 1 aliphatic heterocycles. The molecular weight excluding hydrogens is 265 g/mol. The number of benzene rings is 1. The second-order valence-corrected chi connectivity index (χ2v) is 4.65. The first-order chi connectivity index (χ1) is 9.60. The Morgan fingerprint density at radius 3 is 2.80 bits per heavy atom. The molecule has 20 heavy (non-hydrogen) atoms. The van der Waals surface area contributed by atoms with Crippen molar-refractivity contribution in [3.05, 3.63) is 29.6 Å². The maximum Gasteiger partial charge on any atom is 0.263 e. The van der Waals surface area contributed by atoms with Gasteiger partial charge in [-0.05, 0) is 24.6 Å². The number of ether oxygens (including phenoxy) is 2. The number of aliphatic hydroxyl groups excluding tert-OH is 1. The fourth-order valence-corrected chi connectivity index (χ4v) is 2.08. The average molecular weight is 283 g/mol. The summed E-state index contributed by atoms with van der Waals surface area (Å²) in [6, 6.07) is 3.94. The fourth-order valence-electron chi connectivity index (χ4n) is 2.08. The molecule has 1 aromatic carbocycles. The van der Waals surface area contributed by atoms with Crippen LogP contribution in [0.25, 0.3) is 0 Å². The largest absolute Gasteiger partial charge is 0.481 e. The first kappa shape index (κ1) is 14.7. The molecule has 1 atom stereocenters. The molecule has 0 spiro atoms. The van der Waals surface area contributed by atoms with E-state index in [2.05, 4.69) is 0 Å². The van der Waals surface area contributed by atoms with E-state index >= 15 is 0 Å². The summed E-state index contributed by atoms with van der Waals surface area (Å²) in [5.41, 5.74) is 0.408. The molecule has 0 bridgehead atoms.